The van der Waals surface area contributed by atoms with Gasteiger partial charge in [0.1, 0.15) is 0 Å². The molecule has 20 heavy (non-hydrogen) atoms. The Morgan fingerprint density at radius 1 is 1.25 bits per heavy atom. The molecule has 114 valence electrons. The fourth-order valence-electron chi connectivity index (χ4n) is 3.26. The first-order chi connectivity index (χ1) is 9.58. The van der Waals surface area contributed by atoms with Gasteiger partial charge in [0.15, 0.2) is 0 Å². The molecule has 3 N–H and O–H groups in total. The summed E-state index contributed by atoms with van der Waals surface area (Å²) in [6.07, 6.45) is 1.31. The number of amides is 1. The van der Waals surface area contributed by atoms with Crippen LogP contribution in [0.25, 0.3) is 0 Å². The van der Waals surface area contributed by atoms with Crippen molar-refractivity contribution in [2.24, 2.45) is 17.8 Å². The topological polar surface area (TPSA) is 81.7 Å². The number of aliphatic carboxylic acids is 1. The molecule has 2 rings (SSSR count). The molecule has 0 radical (unpaired) electrons. The van der Waals surface area contributed by atoms with Crippen molar-refractivity contribution in [2.45, 2.75) is 19.8 Å². The fraction of sp³-hybridized carbons (Fsp3) is 0.857. The molecule has 1 unspecified atom stereocenters. The SMILES string of the molecule is CC1C[C@H](C(=O)NCCN2CCNCC2)[C@H](C(=O)O)C1. The molecule has 0 aromatic heterocycles. The molecule has 6 heteroatoms. The van der Waals surface area contributed by atoms with Crippen molar-refractivity contribution >= 4 is 11.9 Å². The van der Waals surface area contributed by atoms with E-state index in [0.717, 1.165) is 32.7 Å². The monoisotopic (exact) mass is 283 g/mol. The van der Waals surface area contributed by atoms with E-state index in [2.05, 4.69) is 15.5 Å². The van der Waals surface area contributed by atoms with Crippen LogP contribution in [0.15, 0.2) is 0 Å². The molecule has 1 aliphatic carbocycles. The second-order valence-electron chi connectivity index (χ2n) is 6.01. The van der Waals surface area contributed by atoms with Gasteiger partial charge in [0.2, 0.25) is 5.91 Å². The molecule has 0 aromatic carbocycles. The quantitative estimate of drug-likeness (QED) is 0.648. The number of hydrogen-bond acceptors (Lipinski definition) is 4. The van der Waals surface area contributed by atoms with Gasteiger partial charge in [-0.3, -0.25) is 14.5 Å². The van der Waals surface area contributed by atoms with Crippen LogP contribution in [0.2, 0.25) is 0 Å². The Balaban J connectivity index is 1.74. The molecule has 0 spiro atoms. The molecular weight excluding hydrogens is 258 g/mol. The number of hydrogen-bond donors (Lipinski definition) is 3. The van der Waals surface area contributed by atoms with E-state index in [1.54, 1.807) is 0 Å². The maximum Gasteiger partial charge on any atom is 0.307 e. The fourth-order valence-corrected chi connectivity index (χ4v) is 3.26. The molecule has 6 nitrogen and oxygen atoms in total. The number of piperazine rings is 1. The van der Waals surface area contributed by atoms with E-state index in [0.29, 0.717) is 25.3 Å². The second-order valence-corrected chi connectivity index (χ2v) is 6.01. The summed E-state index contributed by atoms with van der Waals surface area (Å²) >= 11 is 0. The Kier molecular flexibility index (Phi) is 5.37. The molecule has 0 bridgehead atoms. The molecular formula is C14H25N3O3. The highest BCUT2D eigenvalue weighted by atomic mass is 16.4. The highest BCUT2D eigenvalue weighted by molar-refractivity contribution is 5.85. The van der Waals surface area contributed by atoms with Gasteiger partial charge in [-0.15, -0.1) is 0 Å². The van der Waals surface area contributed by atoms with Gasteiger partial charge < -0.3 is 15.7 Å². The van der Waals surface area contributed by atoms with Crippen LogP contribution in [-0.2, 0) is 9.59 Å². The summed E-state index contributed by atoms with van der Waals surface area (Å²) in [5.74, 6) is -1.47. The summed E-state index contributed by atoms with van der Waals surface area (Å²) in [6, 6.07) is 0. The molecule has 0 aromatic rings. The molecule has 1 aliphatic heterocycles. The van der Waals surface area contributed by atoms with Crippen molar-refractivity contribution in [3.05, 3.63) is 0 Å². The van der Waals surface area contributed by atoms with Gasteiger partial charge in [0, 0.05) is 39.3 Å². The van der Waals surface area contributed by atoms with Gasteiger partial charge in [0.05, 0.1) is 11.8 Å². The van der Waals surface area contributed by atoms with Crippen LogP contribution >= 0.6 is 0 Å². The Bertz CT molecular complexity index is 356. The number of carbonyl (C=O) groups is 2. The number of carbonyl (C=O) groups excluding carboxylic acids is 1. The predicted molar refractivity (Wildman–Crippen MR) is 75.3 cm³/mol. The van der Waals surface area contributed by atoms with Crippen molar-refractivity contribution in [3.8, 4) is 0 Å². The summed E-state index contributed by atoms with van der Waals surface area (Å²) < 4.78 is 0. The van der Waals surface area contributed by atoms with E-state index in [4.69, 9.17) is 0 Å². The van der Waals surface area contributed by atoms with Gasteiger partial charge in [-0.05, 0) is 18.8 Å². The number of nitrogens with one attached hydrogen (secondary N) is 2. The van der Waals surface area contributed by atoms with Crippen LogP contribution in [0.4, 0.5) is 0 Å². The molecule has 2 fully saturated rings. The van der Waals surface area contributed by atoms with Gasteiger partial charge in [-0.25, -0.2) is 0 Å². The van der Waals surface area contributed by atoms with Gasteiger partial charge in [-0.2, -0.15) is 0 Å². The van der Waals surface area contributed by atoms with Crippen LogP contribution in [0, 0.1) is 17.8 Å². The van der Waals surface area contributed by atoms with Crippen LogP contribution in [-0.4, -0.2) is 61.2 Å². The van der Waals surface area contributed by atoms with Crippen molar-refractivity contribution in [1.82, 2.24) is 15.5 Å². The van der Waals surface area contributed by atoms with E-state index in [-0.39, 0.29) is 11.8 Å². The maximum atomic E-state index is 12.1. The lowest BCUT2D eigenvalue weighted by atomic mass is 9.95. The van der Waals surface area contributed by atoms with E-state index >= 15 is 0 Å². The average Bonchev–Trinajstić information content (AvgIpc) is 2.82. The lowest BCUT2D eigenvalue weighted by Gasteiger charge is -2.27. The Labute approximate surface area is 119 Å². The first-order valence-corrected chi connectivity index (χ1v) is 7.51. The van der Waals surface area contributed by atoms with E-state index in [9.17, 15) is 14.7 Å². The standard InChI is InChI=1S/C14H25N3O3/c1-10-8-11(12(9-10)14(19)20)13(18)16-4-7-17-5-2-15-3-6-17/h10-12,15H,2-9H2,1H3,(H,16,18)(H,19,20)/t10?,11-,12+/m0/s1. The van der Waals surface area contributed by atoms with Crippen molar-refractivity contribution in [2.75, 3.05) is 39.3 Å². The van der Waals surface area contributed by atoms with E-state index in [1.165, 1.54) is 0 Å². The zero-order valence-corrected chi connectivity index (χ0v) is 12.1. The minimum atomic E-state index is -0.836. The lowest BCUT2D eigenvalue weighted by Crippen LogP contribution is -2.47. The predicted octanol–water partition coefficient (Wildman–Crippen LogP) is -0.245. The van der Waals surface area contributed by atoms with Crippen LogP contribution < -0.4 is 10.6 Å². The highest BCUT2D eigenvalue weighted by Crippen LogP contribution is 2.36. The summed E-state index contributed by atoms with van der Waals surface area (Å²) in [6.45, 7) is 7.47. The zero-order chi connectivity index (χ0) is 14.5. The second kappa shape index (κ2) is 7.04. The normalized spacial score (nSPS) is 31.1. The number of carboxylic acid groups (broad SMARTS) is 1. The molecule has 1 heterocycles. The summed E-state index contributed by atoms with van der Waals surface area (Å²) in [5, 5.41) is 15.4. The van der Waals surface area contributed by atoms with Gasteiger partial charge in [0.25, 0.3) is 0 Å². The zero-order valence-electron chi connectivity index (χ0n) is 12.1. The first-order valence-electron chi connectivity index (χ1n) is 7.51. The summed E-state index contributed by atoms with van der Waals surface area (Å²) in [5.41, 5.74) is 0. The molecule has 1 saturated carbocycles. The maximum absolute atomic E-state index is 12.1. The molecule has 2 aliphatic rings. The van der Waals surface area contributed by atoms with Crippen LogP contribution in [0.5, 0.6) is 0 Å². The Hall–Kier alpha value is -1.14. The first kappa shape index (κ1) is 15.3. The van der Waals surface area contributed by atoms with Gasteiger partial charge >= 0.3 is 5.97 Å². The van der Waals surface area contributed by atoms with Gasteiger partial charge in [-0.1, -0.05) is 6.92 Å². The smallest absolute Gasteiger partial charge is 0.307 e. The highest BCUT2D eigenvalue weighted by Gasteiger charge is 2.40. The summed E-state index contributed by atoms with van der Waals surface area (Å²) in [7, 11) is 0. The van der Waals surface area contributed by atoms with E-state index < -0.39 is 11.9 Å². The summed E-state index contributed by atoms with van der Waals surface area (Å²) in [4.78, 5) is 25.6. The third kappa shape index (κ3) is 3.93. The Morgan fingerprint density at radius 2 is 1.90 bits per heavy atom. The molecule has 1 amide bonds. The van der Waals surface area contributed by atoms with Crippen molar-refractivity contribution in [3.63, 3.8) is 0 Å². The van der Waals surface area contributed by atoms with Crippen molar-refractivity contribution < 1.29 is 14.7 Å². The van der Waals surface area contributed by atoms with Crippen LogP contribution in [0.1, 0.15) is 19.8 Å². The molecule has 3 atom stereocenters. The van der Waals surface area contributed by atoms with E-state index in [1.807, 2.05) is 6.92 Å². The number of rotatable bonds is 5. The average molecular weight is 283 g/mol. The Morgan fingerprint density at radius 3 is 2.55 bits per heavy atom. The molecule has 1 saturated heterocycles. The largest absolute Gasteiger partial charge is 0.481 e. The number of carboxylic acids is 1. The minimum absolute atomic E-state index is 0.0862. The van der Waals surface area contributed by atoms with Crippen LogP contribution in [0.3, 0.4) is 0 Å². The van der Waals surface area contributed by atoms with Crippen molar-refractivity contribution in [1.29, 1.82) is 0 Å². The number of nitrogens with zero attached hydrogens (tertiary/aromatic N) is 1. The minimum Gasteiger partial charge on any atom is -0.481 e. The third-order valence-corrected chi connectivity index (χ3v) is 4.39. The lowest BCUT2D eigenvalue weighted by molar-refractivity contribution is -0.146. The third-order valence-electron chi connectivity index (χ3n) is 4.39.